The lowest BCUT2D eigenvalue weighted by atomic mass is 10.0. The van der Waals surface area contributed by atoms with Crippen LogP contribution in [-0.4, -0.2) is 64.8 Å². The van der Waals surface area contributed by atoms with Crippen molar-refractivity contribution in [2.45, 2.75) is 44.3 Å². The van der Waals surface area contributed by atoms with Gasteiger partial charge in [0.25, 0.3) is 11.5 Å². The lowest BCUT2D eigenvalue weighted by Crippen LogP contribution is -2.60. The Bertz CT molecular complexity index is 1450. The Kier molecular flexibility index (Phi) is 9.42. The third-order valence-electron chi connectivity index (χ3n) is 5.83. The zero-order chi connectivity index (χ0) is 28.7. The minimum absolute atomic E-state index is 0.199. The molecule has 2 unspecified atom stereocenters. The Morgan fingerprint density at radius 2 is 1.97 bits per heavy atom. The summed E-state index contributed by atoms with van der Waals surface area (Å²) in [5, 5.41) is 15.6. The number of aromatic nitrogens is 2. The number of nitrogens with one attached hydrogen (secondary N) is 2. The monoisotopic (exact) mass is 566 g/mol. The van der Waals surface area contributed by atoms with Crippen molar-refractivity contribution in [3.8, 4) is 0 Å². The molecule has 1 fully saturated rings. The number of amides is 1. The molecule has 1 aromatic heterocycles. The number of benzene rings is 1. The Morgan fingerprint density at radius 3 is 2.62 bits per heavy atom. The molecule has 0 aliphatic carbocycles. The first kappa shape index (κ1) is 29.3. The average molecular weight is 567 g/mol. The normalized spacial score (nSPS) is 18.0. The zero-order valence-corrected chi connectivity index (χ0v) is 22.2. The second-order valence-corrected chi connectivity index (χ2v) is 10.4. The standard InChI is InChI=1S/C22H30N8O8S/c1-3-38-20-16(10-7-11-28(20)21(23)25-30(34)35)24-18(31)13-29-19(32)17(12-27(2)22(29)33)26-39(36,37)14-15-8-5-4-6-9-15/h4-6,8-9,12,16,20,26H,3,7,10-11,13-14H2,1-2H3,(H2,23,25)(H,24,31). The molecular weight excluding hydrogens is 536 g/mol. The van der Waals surface area contributed by atoms with Crippen molar-refractivity contribution in [3.05, 3.63) is 73.0 Å². The molecule has 1 aromatic carbocycles. The van der Waals surface area contributed by atoms with Gasteiger partial charge in [-0.25, -0.2) is 27.9 Å². The Hall–Kier alpha value is -4.25. The topological polar surface area (TPSA) is 213 Å². The second kappa shape index (κ2) is 12.5. The molecule has 2 heterocycles. The molecule has 39 heavy (non-hydrogen) atoms. The van der Waals surface area contributed by atoms with Crippen LogP contribution in [0.4, 0.5) is 5.69 Å². The number of anilines is 1. The summed E-state index contributed by atoms with van der Waals surface area (Å²) in [5.74, 6) is -1.53. The number of hydrazone groups is 1. The number of carbonyl (C=O) groups is 1. The molecule has 16 nitrogen and oxygen atoms in total. The van der Waals surface area contributed by atoms with Gasteiger partial charge in [-0.2, -0.15) is 0 Å². The number of guanidine groups is 1. The van der Waals surface area contributed by atoms with Gasteiger partial charge in [-0.3, -0.25) is 14.3 Å². The van der Waals surface area contributed by atoms with E-state index in [0.29, 0.717) is 29.5 Å². The van der Waals surface area contributed by atoms with Crippen LogP contribution in [0.15, 0.2) is 51.2 Å². The molecule has 2 atom stereocenters. The van der Waals surface area contributed by atoms with Crippen LogP contribution in [0.1, 0.15) is 25.3 Å². The largest absolute Gasteiger partial charge is 0.364 e. The van der Waals surface area contributed by atoms with Crippen LogP contribution in [-0.2, 0) is 38.9 Å². The summed E-state index contributed by atoms with van der Waals surface area (Å²) in [4.78, 5) is 50.8. The minimum Gasteiger partial charge on any atom is -0.364 e. The SMILES string of the molecule is CCOC1C(NC(=O)Cn2c(=O)c(NS(=O)(=O)Cc3ccccc3)cn(C)c2=O)CCCN1/C(N)=N\[N+](=O)[O-]. The first-order valence-corrected chi connectivity index (χ1v) is 13.6. The summed E-state index contributed by atoms with van der Waals surface area (Å²) in [6.45, 7) is 1.48. The molecule has 1 amide bonds. The highest BCUT2D eigenvalue weighted by Gasteiger charge is 2.35. The van der Waals surface area contributed by atoms with Crippen molar-refractivity contribution in [2.75, 3.05) is 17.9 Å². The van der Waals surface area contributed by atoms with Gasteiger partial charge in [-0.15, -0.1) is 0 Å². The van der Waals surface area contributed by atoms with Gasteiger partial charge in [-0.1, -0.05) is 30.3 Å². The van der Waals surface area contributed by atoms with E-state index in [0.717, 1.165) is 10.8 Å². The van der Waals surface area contributed by atoms with Gasteiger partial charge in [0.1, 0.15) is 17.3 Å². The summed E-state index contributed by atoms with van der Waals surface area (Å²) in [6.07, 6.45) is 1.07. The van der Waals surface area contributed by atoms with Crippen molar-refractivity contribution in [1.82, 2.24) is 19.4 Å². The summed E-state index contributed by atoms with van der Waals surface area (Å²) in [5.41, 5.74) is 4.00. The van der Waals surface area contributed by atoms with Crippen LogP contribution in [0, 0.1) is 10.1 Å². The fourth-order valence-corrected chi connectivity index (χ4v) is 5.38. The van der Waals surface area contributed by atoms with E-state index in [1.165, 1.54) is 11.9 Å². The maximum absolute atomic E-state index is 13.0. The van der Waals surface area contributed by atoms with E-state index in [-0.39, 0.29) is 6.61 Å². The number of ether oxygens (including phenoxy) is 1. The first-order chi connectivity index (χ1) is 18.4. The molecule has 4 N–H and O–H groups in total. The van der Waals surface area contributed by atoms with E-state index in [2.05, 4.69) is 15.1 Å². The van der Waals surface area contributed by atoms with E-state index in [9.17, 15) is 32.9 Å². The number of rotatable bonds is 10. The highest BCUT2D eigenvalue weighted by Crippen LogP contribution is 2.19. The summed E-state index contributed by atoms with van der Waals surface area (Å²) in [6, 6.07) is 7.61. The van der Waals surface area contributed by atoms with E-state index in [1.54, 1.807) is 37.3 Å². The van der Waals surface area contributed by atoms with Gasteiger partial charge in [0.05, 0.1) is 11.8 Å². The van der Waals surface area contributed by atoms with Crippen molar-refractivity contribution in [3.63, 3.8) is 0 Å². The fourth-order valence-electron chi connectivity index (χ4n) is 4.20. The van der Waals surface area contributed by atoms with Crippen LogP contribution >= 0.6 is 0 Å². The number of hydrogen-bond acceptors (Lipinski definition) is 8. The molecule has 1 saturated heterocycles. The van der Waals surface area contributed by atoms with Gasteiger partial charge >= 0.3 is 5.69 Å². The van der Waals surface area contributed by atoms with Crippen LogP contribution in [0.25, 0.3) is 0 Å². The third kappa shape index (κ3) is 7.64. The van der Waals surface area contributed by atoms with Crippen LogP contribution in [0.5, 0.6) is 0 Å². The molecular formula is C22H30N8O8S. The molecule has 0 bridgehead atoms. The zero-order valence-electron chi connectivity index (χ0n) is 21.3. The number of carbonyl (C=O) groups excluding carboxylic acids is 1. The number of aryl methyl sites for hydroxylation is 1. The van der Waals surface area contributed by atoms with Crippen LogP contribution in [0.3, 0.4) is 0 Å². The third-order valence-corrected chi connectivity index (χ3v) is 7.07. The number of hydrogen-bond donors (Lipinski definition) is 3. The number of likely N-dealkylation sites (tertiary alicyclic amines) is 1. The van der Waals surface area contributed by atoms with Crippen molar-refractivity contribution >= 4 is 27.6 Å². The smallest absolute Gasteiger partial charge is 0.331 e. The lowest BCUT2D eigenvalue weighted by Gasteiger charge is -2.40. The molecule has 3 rings (SSSR count). The highest BCUT2D eigenvalue weighted by molar-refractivity contribution is 7.91. The molecule has 1 aliphatic heterocycles. The summed E-state index contributed by atoms with van der Waals surface area (Å²) in [7, 11) is -2.70. The molecule has 212 valence electrons. The maximum Gasteiger partial charge on any atom is 0.331 e. The Morgan fingerprint density at radius 1 is 1.28 bits per heavy atom. The van der Waals surface area contributed by atoms with Crippen LogP contribution in [0.2, 0.25) is 0 Å². The number of nitro groups is 1. The van der Waals surface area contributed by atoms with Gasteiger partial charge in [0, 0.05) is 26.4 Å². The highest BCUT2D eigenvalue weighted by atomic mass is 32.2. The molecule has 0 spiro atoms. The second-order valence-electron chi connectivity index (χ2n) is 8.73. The number of piperidine rings is 1. The van der Waals surface area contributed by atoms with Crippen LogP contribution < -0.4 is 27.0 Å². The lowest BCUT2D eigenvalue weighted by molar-refractivity contribution is -0.486. The average Bonchev–Trinajstić information content (AvgIpc) is 2.86. The van der Waals surface area contributed by atoms with Gasteiger partial charge in [0.2, 0.25) is 15.9 Å². The van der Waals surface area contributed by atoms with E-state index < -0.39 is 68.4 Å². The van der Waals surface area contributed by atoms with Crippen molar-refractivity contribution in [2.24, 2.45) is 17.9 Å². The molecule has 0 saturated carbocycles. The minimum atomic E-state index is -4.02. The number of nitrogens with two attached hydrogens (primary N) is 1. The first-order valence-electron chi connectivity index (χ1n) is 11.9. The fraction of sp³-hybridized carbons (Fsp3) is 0.455. The van der Waals surface area contributed by atoms with Gasteiger partial charge in [-0.05, 0) is 25.3 Å². The quantitative estimate of drug-likeness (QED) is 0.137. The van der Waals surface area contributed by atoms with E-state index in [1.807, 2.05) is 0 Å². The summed E-state index contributed by atoms with van der Waals surface area (Å²) < 4.78 is 34.8. The van der Waals surface area contributed by atoms with E-state index in [4.69, 9.17) is 10.5 Å². The maximum atomic E-state index is 13.0. The predicted octanol–water partition coefficient (Wildman–Crippen LogP) is -1.06. The molecule has 2 aromatic rings. The number of sulfonamides is 1. The van der Waals surface area contributed by atoms with Crippen molar-refractivity contribution < 1.29 is 23.0 Å². The Balaban J connectivity index is 1.81. The molecule has 17 heteroatoms. The van der Waals surface area contributed by atoms with Gasteiger partial charge in [0.15, 0.2) is 11.3 Å². The van der Waals surface area contributed by atoms with E-state index >= 15 is 0 Å². The predicted molar refractivity (Wildman–Crippen MR) is 141 cm³/mol. The van der Waals surface area contributed by atoms with Crippen molar-refractivity contribution in [1.29, 1.82) is 0 Å². The van der Waals surface area contributed by atoms with Gasteiger partial charge < -0.3 is 25.3 Å². The Labute approximate surface area is 223 Å². The molecule has 0 radical (unpaired) electrons. The molecule has 1 aliphatic rings. The summed E-state index contributed by atoms with van der Waals surface area (Å²) >= 11 is 0. The number of nitrogens with zero attached hydrogens (tertiary/aromatic N) is 5.